The van der Waals surface area contributed by atoms with Gasteiger partial charge in [0.05, 0.1) is 11.3 Å². The summed E-state index contributed by atoms with van der Waals surface area (Å²) in [7, 11) is 0. The number of aliphatic carboxylic acids is 1. The van der Waals surface area contributed by atoms with Crippen LogP contribution in [0.5, 0.6) is 0 Å². The van der Waals surface area contributed by atoms with Crippen molar-refractivity contribution in [3.05, 3.63) is 94.7 Å². The van der Waals surface area contributed by atoms with Crippen molar-refractivity contribution in [2.75, 3.05) is 55.6 Å². The molecule has 2 aliphatic rings. The number of nitriles is 1. The molecule has 12 heteroatoms. The molecule has 1 atom stereocenters. The van der Waals surface area contributed by atoms with Crippen LogP contribution in [0.25, 0.3) is 10.9 Å². The van der Waals surface area contributed by atoms with E-state index in [1.807, 2.05) is 30.5 Å². The molecule has 0 unspecified atom stereocenters. The first-order chi connectivity index (χ1) is 22.8. The van der Waals surface area contributed by atoms with Crippen LogP contribution in [-0.2, 0) is 11.3 Å². The number of para-hydroxylation sites is 1. The van der Waals surface area contributed by atoms with E-state index in [0.29, 0.717) is 6.54 Å². The van der Waals surface area contributed by atoms with Crippen LogP contribution < -0.4 is 9.80 Å². The molecule has 6 rings (SSSR count). The van der Waals surface area contributed by atoms with Crippen molar-refractivity contribution in [3.8, 4) is 6.07 Å². The SMILES string of the molecule is Cc1cc(C)c(C(=O)N2CCN(c3ccc4cc[nH]c4c3)C[C@@H]2C)cc1CN1CCN(c2ccccc2C#N)CC1.O=C(O)C(F)(F)F. The molecule has 3 aromatic carbocycles. The van der Waals surface area contributed by atoms with Gasteiger partial charge in [0.25, 0.3) is 5.91 Å². The fourth-order valence-electron chi connectivity index (χ4n) is 6.41. The van der Waals surface area contributed by atoms with Crippen LogP contribution in [-0.4, -0.2) is 89.8 Å². The molecule has 1 aromatic heterocycles. The predicted octanol–water partition coefficient (Wildman–Crippen LogP) is 5.96. The molecule has 2 N–H and O–H groups in total. The number of aromatic amines is 1. The quantitative estimate of drug-likeness (QED) is 0.272. The maximum absolute atomic E-state index is 13.9. The Kier molecular flexibility index (Phi) is 10.3. The van der Waals surface area contributed by atoms with Gasteiger partial charge in [-0.25, -0.2) is 4.79 Å². The summed E-state index contributed by atoms with van der Waals surface area (Å²) in [5, 5.41) is 17.8. The van der Waals surface area contributed by atoms with Crippen LogP contribution in [0.4, 0.5) is 24.5 Å². The fourth-order valence-corrected chi connectivity index (χ4v) is 6.41. The standard InChI is InChI=1S/C34H38N6O.C2HF3O2/c1-24-18-25(2)31(19-29(24)23-37-12-14-38(15-13-37)33-7-5-4-6-28(33)21-35)34(41)40-17-16-39(22-26(40)3)30-9-8-27-10-11-36-32(27)20-30;3-2(4,5)1(6)7/h4-11,18-20,26,36H,12-17,22-23H2,1-3H3;(H,6,7)/t26-;/m0./s1. The highest BCUT2D eigenvalue weighted by Gasteiger charge is 2.38. The first-order valence-corrected chi connectivity index (χ1v) is 15.9. The largest absolute Gasteiger partial charge is 0.490 e. The Hall–Kier alpha value is -5.02. The maximum atomic E-state index is 13.9. The van der Waals surface area contributed by atoms with E-state index in [-0.39, 0.29) is 11.9 Å². The molecule has 2 fully saturated rings. The number of carbonyl (C=O) groups is 2. The lowest BCUT2D eigenvalue weighted by Gasteiger charge is -2.41. The summed E-state index contributed by atoms with van der Waals surface area (Å²) in [5.41, 5.74) is 8.41. The van der Waals surface area contributed by atoms with Gasteiger partial charge in [-0.3, -0.25) is 9.69 Å². The number of rotatable bonds is 5. The van der Waals surface area contributed by atoms with Gasteiger partial charge in [0, 0.05) is 81.4 Å². The van der Waals surface area contributed by atoms with Gasteiger partial charge in [-0.1, -0.05) is 24.3 Å². The summed E-state index contributed by atoms with van der Waals surface area (Å²) >= 11 is 0. The molecule has 3 heterocycles. The van der Waals surface area contributed by atoms with E-state index in [2.05, 4.69) is 87.8 Å². The number of amides is 1. The third-order valence-corrected chi connectivity index (χ3v) is 9.08. The summed E-state index contributed by atoms with van der Waals surface area (Å²) in [4.78, 5) is 35.3. The minimum atomic E-state index is -5.08. The normalized spacial score (nSPS) is 17.1. The number of alkyl halides is 3. The van der Waals surface area contributed by atoms with E-state index < -0.39 is 12.1 Å². The molecule has 0 spiro atoms. The number of nitrogens with zero attached hydrogens (tertiary/aromatic N) is 5. The third kappa shape index (κ3) is 7.74. The van der Waals surface area contributed by atoms with Gasteiger partial charge in [-0.2, -0.15) is 18.4 Å². The molecule has 0 bridgehead atoms. The molecule has 252 valence electrons. The number of carboxylic acids is 1. The number of piperazine rings is 2. The van der Waals surface area contributed by atoms with Crippen LogP contribution in [0.2, 0.25) is 0 Å². The molecule has 2 aliphatic heterocycles. The second-order valence-electron chi connectivity index (χ2n) is 12.3. The summed E-state index contributed by atoms with van der Waals surface area (Å²) in [6.07, 6.45) is -3.11. The van der Waals surface area contributed by atoms with E-state index in [1.54, 1.807) is 0 Å². The molecule has 0 radical (unpaired) electrons. The van der Waals surface area contributed by atoms with Crippen molar-refractivity contribution >= 4 is 34.2 Å². The molecule has 0 aliphatic carbocycles. The number of fused-ring (bicyclic) bond motifs is 1. The van der Waals surface area contributed by atoms with Gasteiger partial charge < -0.3 is 24.8 Å². The summed E-state index contributed by atoms with van der Waals surface area (Å²) in [6.45, 7) is 13.1. The smallest absolute Gasteiger partial charge is 0.475 e. The first kappa shape index (κ1) is 34.3. The number of H-pyrrole nitrogens is 1. The second-order valence-corrected chi connectivity index (χ2v) is 12.3. The minimum Gasteiger partial charge on any atom is -0.475 e. The van der Waals surface area contributed by atoms with E-state index in [0.717, 1.165) is 73.7 Å². The molecule has 4 aromatic rings. The Morgan fingerprint density at radius 2 is 1.62 bits per heavy atom. The number of nitrogens with one attached hydrogen (secondary N) is 1. The Labute approximate surface area is 277 Å². The van der Waals surface area contributed by atoms with Gasteiger partial charge in [-0.05, 0) is 79.2 Å². The van der Waals surface area contributed by atoms with Crippen LogP contribution >= 0.6 is 0 Å². The number of halogens is 3. The summed E-state index contributed by atoms with van der Waals surface area (Å²) in [6, 6.07) is 23.2. The lowest BCUT2D eigenvalue weighted by Crippen LogP contribution is -2.54. The van der Waals surface area contributed by atoms with Crippen LogP contribution in [0.15, 0.2) is 66.9 Å². The topological polar surface area (TPSA) is 107 Å². The van der Waals surface area contributed by atoms with Crippen LogP contribution in [0, 0.1) is 25.2 Å². The van der Waals surface area contributed by atoms with Crippen LogP contribution in [0.1, 0.15) is 39.5 Å². The highest BCUT2D eigenvalue weighted by Crippen LogP contribution is 2.27. The van der Waals surface area contributed by atoms with E-state index in [1.165, 1.54) is 22.2 Å². The minimum absolute atomic E-state index is 0.115. The molecular formula is C36H39F3N6O3. The zero-order valence-electron chi connectivity index (χ0n) is 27.2. The van der Waals surface area contributed by atoms with Gasteiger partial charge in [-0.15, -0.1) is 0 Å². The number of aromatic nitrogens is 1. The average Bonchev–Trinajstić information content (AvgIpc) is 3.54. The number of hydrogen-bond donors (Lipinski definition) is 2. The second kappa shape index (κ2) is 14.4. The van der Waals surface area contributed by atoms with E-state index in [9.17, 15) is 23.2 Å². The Morgan fingerprint density at radius 1 is 0.938 bits per heavy atom. The third-order valence-electron chi connectivity index (χ3n) is 9.08. The molecule has 9 nitrogen and oxygen atoms in total. The highest BCUT2D eigenvalue weighted by atomic mass is 19.4. The zero-order valence-corrected chi connectivity index (χ0v) is 27.2. The molecule has 48 heavy (non-hydrogen) atoms. The molecule has 2 saturated heterocycles. The molecular weight excluding hydrogens is 621 g/mol. The van der Waals surface area contributed by atoms with E-state index >= 15 is 0 Å². The van der Waals surface area contributed by atoms with Crippen molar-refractivity contribution in [1.82, 2.24) is 14.8 Å². The van der Waals surface area contributed by atoms with Gasteiger partial charge >= 0.3 is 12.1 Å². The predicted molar refractivity (Wildman–Crippen MR) is 179 cm³/mol. The van der Waals surface area contributed by atoms with Gasteiger partial charge in [0.2, 0.25) is 0 Å². The Bertz CT molecular complexity index is 1820. The maximum Gasteiger partial charge on any atom is 0.490 e. The number of benzene rings is 3. The number of carboxylic acid groups (broad SMARTS) is 1. The van der Waals surface area contributed by atoms with Gasteiger partial charge in [0.1, 0.15) is 6.07 Å². The van der Waals surface area contributed by atoms with Crippen LogP contribution in [0.3, 0.4) is 0 Å². The Balaban J connectivity index is 0.000000582. The molecule has 0 saturated carbocycles. The average molecular weight is 661 g/mol. The zero-order chi connectivity index (χ0) is 34.6. The summed E-state index contributed by atoms with van der Waals surface area (Å²) < 4.78 is 31.7. The van der Waals surface area contributed by atoms with Gasteiger partial charge in [0.15, 0.2) is 0 Å². The lowest BCUT2D eigenvalue weighted by molar-refractivity contribution is -0.192. The number of anilines is 2. The lowest BCUT2D eigenvalue weighted by atomic mass is 9.97. The number of hydrogen-bond acceptors (Lipinski definition) is 6. The number of carbonyl (C=O) groups excluding carboxylic acids is 1. The highest BCUT2D eigenvalue weighted by molar-refractivity contribution is 5.96. The monoisotopic (exact) mass is 660 g/mol. The van der Waals surface area contributed by atoms with Crippen molar-refractivity contribution in [2.24, 2.45) is 0 Å². The van der Waals surface area contributed by atoms with E-state index in [4.69, 9.17) is 9.90 Å². The van der Waals surface area contributed by atoms with Crippen molar-refractivity contribution in [1.29, 1.82) is 5.26 Å². The van der Waals surface area contributed by atoms with Crippen molar-refractivity contribution < 1.29 is 27.9 Å². The first-order valence-electron chi connectivity index (χ1n) is 15.9. The van der Waals surface area contributed by atoms with Crippen molar-refractivity contribution in [2.45, 2.75) is 39.5 Å². The molecule has 1 amide bonds. The fraction of sp³-hybridized carbons (Fsp3) is 0.361. The Morgan fingerprint density at radius 3 is 2.29 bits per heavy atom. The summed E-state index contributed by atoms with van der Waals surface area (Å²) in [5.74, 6) is -2.62. The number of aryl methyl sites for hydroxylation is 2. The van der Waals surface area contributed by atoms with Crippen molar-refractivity contribution in [3.63, 3.8) is 0 Å².